The Labute approximate surface area is 143 Å². The SMILES string of the molecule is CN(C)S(=O)(=O)c1ccc(OCCOC(=O)C2CC=CCC2)cc1. The van der Waals surface area contributed by atoms with Crippen molar-refractivity contribution in [2.45, 2.75) is 24.2 Å². The van der Waals surface area contributed by atoms with Crippen LogP contribution in [0.3, 0.4) is 0 Å². The Morgan fingerprint density at radius 3 is 2.46 bits per heavy atom. The van der Waals surface area contributed by atoms with Crippen LogP contribution in [0, 0.1) is 5.92 Å². The molecule has 0 heterocycles. The van der Waals surface area contributed by atoms with Crippen LogP contribution in [0.1, 0.15) is 19.3 Å². The van der Waals surface area contributed by atoms with E-state index in [1.165, 1.54) is 26.2 Å². The molecule has 0 aliphatic heterocycles. The van der Waals surface area contributed by atoms with Crippen molar-refractivity contribution in [3.8, 4) is 5.75 Å². The molecule has 1 atom stereocenters. The van der Waals surface area contributed by atoms with Gasteiger partial charge in [0.25, 0.3) is 0 Å². The van der Waals surface area contributed by atoms with E-state index < -0.39 is 10.0 Å². The first-order valence-electron chi connectivity index (χ1n) is 7.88. The third-order valence-corrected chi connectivity index (χ3v) is 5.63. The second-order valence-corrected chi connectivity index (χ2v) is 7.91. The summed E-state index contributed by atoms with van der Waals surface area (Å²) in [4.78, 5) is 12.1. The maximum Gasteiger partial charge on any atom is 0.309 e. The summed E-state index contributed by atoms with van der Waals surface area (Å²) in [6, 6.07) is 6.16. The largest absolute Gasteiger partial charge is 0.490 e. The number of nitrogens with zero attached hydrogens (tertiary/aromatic N) is 1. The number of sulfonamides is 1. The minimum absolute atomic E-state index is 0.0504. The molecule has 0 saturated heterocycles. The van der Waals surface area contributed by atoms with E-state index in [4.69, 9.17) is 9.47 Å². The molecule has 0 N–H and O–H groups in total. The molecule has 1 aromatic carbocycles. The number of carbonyl (C=O) groups is 1. The molecule has 1 aliphatic carbocycles. The summed E-state index contributed by atoms with van der Waals surface area (Å²) in [5, 5.41) is 0. The van der Waals surface area contributed by atoms with Gasteiger partial charge in [0, 0.05) is 14.1 Å². The third kappa shape index (κ3) is 4.82. The van der Waals surface area contributed by atoms with Gasteiger partial charge in [-0.2, -0.15) is 0 Å². The molecule has 1 unspecified atom stereocenters. The van der Waals surface area contributed by atoms with Crippen LogP contribution in [-0.4, -0.2) is 46.0 Å². The first-order chi connectivity index (χ1) is 11.4. The molecule has 7 heteroatoms. The molecule has 2 rings (SSSR count). The zero-order valence-electron chi connectivity index (χ0n) is 14.0. The zero-order chi connectivity index (χ0) is 17.6. The minimum atomic E-state index is -3.44. The highest BCUT2D eigenvalue weighted by atomic mass is 32.2. The fourth-order valence-electron chi connectivity index (χ4n) is 2.35. The van der Waals surface area contributed by atoms with Crippen molar-refractivity contribution >= 4 is 16.0 Å². The molecule has 0 aromatic heterocycles. The smallest absolute Gasteiger partial charge is 0.309 e. The Kier molecular flexibility index (Phi) is 6.39. The van der Waals surface area contributed by atoms with Gasteiger partial charge in [0.2, 0.25) is 10.0 Å². The van der Waals surface area contributed by atoms with Crippen LogP contribution in [0.4, 0.5) is 0 Å². The van der Waals surface area contributed by atoms with Crippen LogP contribution in [0.2, 0.25) is 0 Å². The number of benzene rings is 1. The van der Waals surface area contributed by atoms with E-state index in [9.17, 15) is 13.2 Å². The molecule has 0 spiro atoms. The van der Waals surface area contributed by atoms with Gasteiger partial charge in [-0.15, -0.1) is 0 Å². The fourth-order valence-corrected chi connectivity index (χ4v) is 3.25. The Balaban J connectivity index is 1.77. The van der Waals surface area contributed by atoms with Crippen LogP contribution < -0.4 is 4.74 Å². The highest BCUT2D eigenvalue weighted by Gasteiger charge is 2.20. The van der Waals surface area contributed by atoms with E-state index in [1.807, 2.05) is 6.08 Å². The Morgan fingerprint density at radius 1 is 1.17 bits per heavy atom. The average molecular weight is 353 g/mol. The van der Waals surface area contributed by atoms with E-state index in [-0.39, 0.29) is 30.0 Å². The standard InChI is InChI=1S/C17H23NO5S/c1-18(2)24(20,21)16-10-8-15(9-11-16)22-12-13-23-17(19)14-6-4-3-5-7-14/h3-4,8-11,14H,5-7,12-13H2,1-2H3. The summed E-state index contributed by atoms with van der Waals surface area (Å²) < 4.78 is 35.7. The Bertz CT molecular complexity index is 679. The lowest BCUT2D eigenvalue weighted by Gasteiger charge is -2.16. The van der Waals surface area contributed by atoms with Gasteiger partial charge in [-0.1, -0.05) is 12.2 Å². The van der Waals surface area contributed by atoms with Gasteiger partial charge >= 0.3 is 5.97 Å². The maximum atomic E-state index is 12.0. The van der Waals surface area contributed by atoms with Gasteiger partial charge in [0.15, 0.2) is 0 Å². The van der Waals surface area contributed by atoms with E-state index in [0.29, 0.717) is 5.75 Å². The van der Waals surface area contributed by atoms with Gasteiger partial charge < -0.3 is 9.47 Å². The van der Waals surface area contributed by atoms with Crippen molar-refractivity contribution in [3.05, 3.63) is 36.4 Å². The second-order valence-electron chi connectivity index (χ2n) is 5.76. The van der Waals surface area contributed by atoms with E-state index in [0.717, 1.165) is 23.6 Å². The van der Waals surface area contributed by atoms with Crippen LogP contribution >= 0.6 is 0 Å². The van der Waals surface area contributed by atoms with Crippen molar-refractivity contribution in [1.82, 2.24) is 4.31 Å². The summed E-state index contributed by atoms with van der Waals surface area (Å²) in [5.74, 6) is 0.297. The molecule has 1 aliphatic rings. The summed E-state index contributed by atoms with van der Waals surface area (Å²) in [7, 11) is -0.475. The number of esters is 1. The summed E-state index contributed by atoms with van der Waals surface area (Å²) in [5.41, 5.74) is 0. The fraction of sp³-hybridized carbons (Fsp3) is 0.471. The molecule has 0 bridgehead atoms. The Morgan fingerprint density at radius 2 is 1.88 bits per heavy atom. The summed E-state index contributed by atoms with van der Waals surface area (Å²) in [6.45, 7) is 0.408. The highest BCUT2D eigenvalue weighted by molar-refractivity contribution is 7.89. The number of hydrogen-bond acceptors (Lipinski definition) is 5. The average Bonchev–Trinajstić information content (AvgIpc) is 2.59. The zero-order valence-corrected chi connectivity index (χ0v) is 14.8. The number of ether oxygens (including phenoxy) is 2. The second kappa shape index (κ2) is 8.30. The van der Waals surface area contributed by atoms with Crippen molar-refractivity contribution < 1.29 is 22.7 Å². The first-order valence-corrected chi connectivity index (χ1v) is 9.32. The van der Waals surface area contributed by atoms with Crippen molar-refractivity contribution in [2.24, 2.45) is 5.92 Å². The molecule has 0 saturated carbocycles. The topological polar surface area (TPSA) is 72.9 Å². The van der Waals surface area contributed by atoms with Gasteiger partial charge in [-0.25, -0.2) is 12.7 Å². The number of carbonyl (C=O) groups excluding carboxylic acids is 1. The van der Waals surface area contributed by atoms with Crippen molar-refractivity contribution in [1.29, 1.82) is 0 Å². The maximum absolute atomic E-state index is 12.0. The van der Waals surface area contributed by atoms with Crippen molar-refractivity contribution in [2.75, 3.05) is 27.3 Å². The molecular formula is C17H23NO5S. The van der Waals surface area contributed by atoms with Crippen LogP contribution in [-0.2, 0) is 19.6 Å². The van der Waals surface area contributed by atoms with Gasteiger partial charge in [0.05, 0.1) is 10.8 Å². The molecule has 0 radical (unpaired) electrons. The monoisotopic (exact) mass is 353 g/mol. The van der Waals surface area contributed by atoms with Crippen LogP contribution in [0.5, 0.6) is 5.75 Å². The molecule has 0 amide bonds. The number of rotatable bonds is 7. The Hall–Kier alpha value is -1.86. The quantitative estimate of drug-likeness (QED) is 0.427. The molecular weight excluding hydrogens is 330 g/mol. The lowest BCUT2D eigenvalue weighted by molar-refractivity contribution is -0.149. The third-order valence-electron chi connectivity index (χ3n) is 3.80. The van der Waals surface area contributed by atoms with Crippen LogP contribution in [0.25, 0.3) is 0 Å². The van der Waals surface area contributed by atoms with Gasteiger partial charge in [-0.3, -0.25) is 4.79 Å². The molecule has 24 heavy (non-hydrogen) atoms. The van der Waals surface area contributed by atoms with E-state index in [2.05, 4.69) is 6.08 Å². The summed E-state index contributed by atoms with van der Waals surface area (Å²) >= 11 is 0. The van der Waals surface area contributed by atoms with E-state index >= 15 is 0 Å². The summed E-state index contributed by atoms with van der Waals surface area (Å²) in [6.07, 6.45) is 6.57. The lowest BCUT2D eigenvalue weighted by atomic mass is 9.95. The predicted molar refractivity (Wildman–Crippen MR) is 90.2 cm³/mol. The van der Waals surface area contributed by atoms with E-state index in [1.54, 1.807) is 12.1 Å². The van der Waals surface area contributed by atoms with Gasteiger partial charge in [-0.05, 0) is 43.5 Å². The molecule has 0 fully saturated rings. The normalized spacial score (nSPS) is 17.7. The van der Waals surface area contributed by atoms with Gasteiger partial charge in [0.1, 0.15) is 19.0 Å². The minimum Gasteiger partial charge on any atom is -0.490 e. The molecule has 1 aromatic rings. The number of allylic oxidation sites excluding steroid dienone is 2. The lowest BCUT2D eigenvalue weighted by Crippen LogP contribution is -2.22. The first kappa shape index (κ1) is 18.5. The predicted octanol–water partition coefficient (Wildman–Crippen LogP) is 2.22. The molecule has 6 nitrogen and oxygen atoms in total. The highest BCUT2D eigenvalue weighted by Crippen LogP contribution is 2.20. The van der Waals surface area contributed by atoms with Crippen LogP contribution in [0.15, 0.2) is 41.3 Å². The molecule has 132 valence electrons. The number of hydrogen-bond donors (Lipinski definition) is 0. The van der Waals surface area contributed by atoms with Crippen molar-refractivity contribution in [3.63, 3.8) is 0 Å².